The molecular weight excluding hydrogens is 361 g/mol. The molecule has 1 aromatic carbocycles. The van der Waals surface area contributed by atoms with E-state index in [1.54, 1.807) is 31.2 Å². The molecule has 7 heteroatoms. The number of benzene rings is 1. The molecule has 0 radical (unpaired) electrons. The largest absolute Gasteiger partial charge is 0.360 e. The lowest BCUT2D eigenvalue weighted by Gasteiger charge is -2.08. The molecule has 0 aliphatic heterocycles. The number of amides is 1. The van der Waals surface area contributed by atoms with Crippen molar-refractivity contribution in [2.75, 3.05) is 5.32 Å². The minimum absolute atomic E-state index is 0.274. The van der Waals surface area contributed by atoms with E-state index in [1.807, 2.05) is 19.9 Å². The topological polar surface area (TPSA) is 68.0 Å². The minimum atomic E-state index is -0.387. The zero-order valence-electron chi connectivity index (χ0n) is 13.9. The van der Waals surface area contributed by atoms with E-state index >= 15 is 0 Å². The maximum Gasteiger partial charge on any atom is 0.262 e. The van der Waals surface area contributed by atoms with Crippen LogP contribution in [0.3, 0.4) is 0 Å². The molecule has 3 aromatic rings. The highest BCUT2D eigenvalue weighted by Crippen LogP contribution is 2.36. The fraction of sp³-hybridized carbons (Fsp3) is 0.167. The zero-order valence-corrected chi connectivity index (χ0v) is 15.4. The van der Waals surface area contributed by atoms with Crippen LogP contribution in [0, 0.1) is 20.8 Å². The predicted octanol–water partition coefficient (Wildman–Crippen LogP) is 5.22. The van der Waals surface area contributed by atoms with E-state index in [1.165, 1.54) is 0 Å². The lowest BCUT2D eigenvalue weighted by molar-refractivity contribution is 0.102. The third-order valence-electron chi connectivity index (χ3n) is 3.63. The molecule has 0 saturated heterocycles. The van der Waals surface area contributed by atoms with E-state index < -0.39 is 0 Å². The van der Waals surface area contributed by atoms with Gasteiger partial charge in [0.05, 0.1) is 10.0 Å². The van der Waals surface area contributed by atoms with Gasteiger partial charge in [-0.05, 0) is 50.6 Å². The molecule has 0 aliphatic carbocycles. The molecule has 2 aromatic heterocycles. The fourth-order valence-electron chi connectivity index (χ4n) is 2.62. The second-order valence-electron chi connectivity index (χ2n) is 5.68. The number of anilines is 1. The van der Waals surface area contributed by atoms with Crippen molar-refractivity contribution in [3.63, 3.8) is 0 Å². The van der Waals surface area contributed by atoms with E-state index in [4.69, 9.17) is 27.7 Å². The van der Waals surface area contributed by atoms with E-state index in [2.05, 4.69) is 15.5 Å². The number of hydrogen-bond donors (Lipinski definition) is 1. The fourth-order valence-corrected chi connectivity index (χ4v) is 3.19. The smallest absolute Gasteiger partial charge is 0.262 e. The van der Waals surface area contributed by atoms with E-state index in [0.29, 0.717) is 32.9 Å². The average Bonchev–Trinajstić information content (AvgIpc) is 2.87. The molecule has 5 nitrogen and oxygen atoms in total. The first kappa shape index (κ1) is 17.5. The number of aryl methyl sites for hydroxylation is 3. The Kier molecular flexibility index (Phi) is 4.79. The van der Waals surface area contributed by atoms with Crippen molar-refractivity contribution in [3.8, 4) is 11.3 Å². The number of carbonyl (C=O) groups is 1. The Morgan fingerprint density at radius 3 is 2.44 bits per heavy atom. The summed E-state index contributed by atoms with van der Waals surface area (Å²) in [5, 5.41) is 7.54. The van der Waals surface area contributed by atoms with Gasteiger partial charge in [0.1, 0.15) is 22.8 Å². The summed E-state index contributed by atoms with van der Waals surface area (Å²) in [4.78, 5) is 17.1. The Labute approximate surface area is 155 Å². The van der Waals surface area contributed by atoms with Crippen molar-refractivity contribution in [1.29, 1.82) is 0 Å². The van der Waals surface area contributed by atoms with Crippen LogP contribution in [-0.4, -0.2) is 16.0 Å². The van der Waals surface area contributed by atoms with Gasteiger partial charge in [-0.3, -0.25) is 4.79 Å². The van der Waals surface area contributed by atoms with Crippen molar-refractivity contribution in [3.05, 3.63) is 63.0 Å². The standard InChI is InChI=1S/C18H15Cl2N3O2/c1-9-7-10(2)21-14(8-9)22-18(24)15-11(3)25-23-17(15)16-12(19)5-4-6-13(16)20/h4-8H,1-3H3,(H,21,22,24). The molecule has 1 N–H and O–H groups in total. The van der Waals surface area contributed by atoms with Gasteiger partial charge in [0.2, 0.25) is 0 Å². The van der Waals surface area contributed by atoms with Gasteiger partial charge < -0.3 is 9.84 Å². The second kappa shape index (κ2) is 6.86. The van der Waals surface area contributed by atoms with Gasteiger partial charge in [-0.15, -0.1) is 0 Å². The molecule has 3 rings (SSSR count). The van der Waals surface area contributed by atoms with Crippen LogP contribution < -0.4 is 5.32 Å². The molecule has 0 aliphatic rings. The summed E-state index contributed by atoms with van der Waals surface area (Å²) >= 11 is 12.5. The van der Waals surface area contributed by atoms with Gasteiger partial charge in [-0.2, -0.15) is 0 Å². The summed E-state index contributed by atoms with van der Waals surface area (Å²) in [6.07, 6.45) is 0. The van der Waals surface area contributed by atoms with Crippen molar-refractivity contribution in [1.82, 2.24) is 10.1 Å². The van der Waals surface area contributed by atoms with Gasteiger partial charge in [0.25, 0.3) is 5.91 Å². The van der Waals surface area contributed by atoms with Crippen LogP contribution in [0.2, 0.25) is 10.0 Å². The van der Waals surface area contributed by atoms with Crippen LogP contribution in [0.4, 0.5) is 5.82 Å². The maximum absolute atomic E-state index is 12.8. The molecule has 1 amide bonds. The summed E-state index contributed by atoms with van der Waals surface area (Å²) in [5.74, 6) is 0.439. The number of hydrogen-bond acceptors (Lipinski definition) is 4. The monoisotopic (exact) mass is 375 g/mol. The van der Waals surface area contributed by atoms with Crippen LogP contribution in [0.1, 0.15) is 27.4 Å². The lowest BCUT2D eigenvalue weighted by atomic mass is 10.1. The Hall–Kier alpha value is -2.37. The number of halogens is 2. The number of nitrogens with one attached hydrogen (secondary N) is 1. The number of pyridine rings is 1. The van der Waals surface area contributed by atoms with Crippen LogP contribution in [0.5, 0.6) is 0 Å². The van der Waals surface area contributed by atoms with Crippen molar-refractivity contribution >= 4 is 34.9 Å². The van der Waals surface area contributed by atoms with E-state index in [9.17, 15) is 4.79 Å². The van der Waals surface area contributed by atoms with Crippen LogP contribution in [0.25, 0.3) is 11.3 Å². The molecular formula is C18H15Cl2N3O2. The second-order valence-corrected chi connectivity index (χ2v) is 6.50. The predicted molar refractivity (Wildman–Crippen MR) is 98.4 cm³/mol. The summed E-state index contributed by atoms with van der Waals surface area (Å²) in [6.45, 7) is 5.46. The van der Waals surface area contributed by atoms with Gasteiger partial charge in [-0.1, -0.05) is 34.4 Å². The Morgan fingerprint density at radius 1 is 1.12 bits per heavy atom. The van der Waals surface area contributed by atoms with Crippen LogP contribution in [-0.2, 0) is 0 Å². The SMILES string of the molecule is Cc1cc(C)nc(NC(=O)c2c(-c3c(Cl)cccc3Cl)noc2C)c1. The summed E-state index contributed by atoms with van der Waals surface area (Å²) in [6, 6.07) is 8.80. The Morgan fingerprint density at radius 2 is 1.80 bits per heavy atom. The zero-order chi connectivity index (χ0) is 18.1. The van der Waals surface area contributed by atoms with Gasteiger partial charge in [0, 0.05) is 11.3 Å². The van der Waals surface area contributed by atoms with Gasteiger partial charge >= 0.3 is 0 Å². The van der Waals surface area contributed by atoms with Crippen LogP contribution >= 0.6 is 23.2 Å². The van der Waals surface area contributed by atoms with Crippen LogP contribution in [0.15, 0.2) is 34.9 Å². The van der Waals surface area contributed by atoms with Crippen molar-refractivity contribution < 1.29 is 9.32 Å². The lowest BCUT2D eigenvalue weighted by Crippen LogP contribution is -2.15. The normalized spacial score (nSPS) is 10.8. The molecule has 25 heavy (non-hydrogen) atoms. The summed E-state index contributed by atoms with van der Waals surface area (Å²) in [5.41, 5.74) is 2.85. The third-order valence-corrected chi connectivity index (χ3v) is 4.26. The summed E-state index contributed by atoms with van der Waals surface area (Å²) < 4.78 is 5.22. The molecule has 0 spiro atoms. The molecule has 2 heterocycles. The highest BCUT2D eigenvalue weighted by molar-refractivity contribution is 6.39. The molecule has 0 bridgehead atoms. The molecule has 0 saturated carbocycles. The quantitative estimate of drug-likeness (QED) is 0.680. The maximum atomic E-state index is 12.8. The van der Waals surface area contributed by atoms with Gasteiger partial charge in [-0.25, -0.2) is 4.98 Å². The van der Waals surface area contributed by atoms with E-state index in [-0.39, 0.29) is 11.5 Å². The number of aromatic nitrogens is 2. The summed E-state index contributed by atoms with van der Waals surface area (Å²) in [7, 11) is 0. The van der Waals surface area contributed by atoms with Crippen molar-refractivity contribution in [2.45, 2.75) is 20.8 Å². The van der Waals surface area contributed by atoms with Crippen molar-refractivity contribution in [2.24, 2.45) is 0 Å². The first-order valence-electron chi connectivity index (χ1n) is 7.54. The first-order valence-corrected chi connectivity index (χ1v) is 8.29. The number of nitrogens with zero attached hydrogens (tertiary/aromatic N) is 2. The van der Waals surface area contributed by atoms with E-state index in [0.717, 1.165) is 11.3 Å². The van der Waals surface area contributed by atoms with Gasteiger partial charge in [0.15, 0.2) is 0 Å². The third kappa shape index (κ3) is 3.52. The Balaban J connectivity index is 2.03. The molecule has 0 fully saturated rings. The average molecular weight is 376 g/mol. The Bertz CT molecular complexity index is 926. The number of carbonyl (C=O) groups excluding carboxylic acids is 1. The molecule has 0 unspecified atom stereocenters. The molecule has 0 atom stereocenters. The highest BCUT2D eigenvalue weighted by Gasteiger charge is 2.25. The highest BCUT2D eigenvalue weighted by atomic mass is 35.5. The first-order chi connectivity index (χ1) is 11.9. The number of rotatable bonds is 3. The minimum Gasteiger partial charge on any atom is -0.360 e. The molecule has 128 valence electrons.